The first kappa shape index (κ1) is 21.5. The molecule has 5 heteroatoms. The van der Waals surface area contributed by atoms with Gasteiger partial charge in [0.05, 0.1) is 28.4 Å². The molecular formula is C26H29N3OS. The lowest BCUT2D eigenvalue weighted by Gasteiger charge is -2.16. The highest BCUT2D eigenvalue weighted by molar-refractivity contribution is 7.89. The molecular weight excluding hydrogens is 402 g/mol. The molecule has 2 unspecified atom stereocenters. The first-order valence-electron chi connectivity index (χ1n) is 10.6. The van der Waals surface area contributed by atoms with E-state index in [9.17, 15) is 4.55 Å². The van der Waals surface area contributed by atoms with E-state index in [1.54, 1.807) is 6.26 Å². The summed E-state index contributed by atoms with van der Waals surface area (Å²) < 4.78 is 21.2. The van der Waals surface area contributed by atoms with Crippen molar-refractivity contribution in [1.82, 2.24) is 9.13 Å². The predicted octanol–water partition coefficient (Wildman–Crippen LogP) is 5.11. The normalized spacial score (nSPS) is 14.2. The van der Waals surface area contributed by atoms with Crippen molar-refractivity contribution in [3.8, 4) is 0 Å². The average molecular weight is 432 g/mol. The number of aromatic nitrogens is 2. The van der Waals surface area contributed by atoms with Crippen LogP contribution in [0.5, 0.6) is 0 Å². The number of rotatable bonds is 6. The fourth-order valence-electron chi connectivity index (χ4n) is 4.04. The lowest BCUT2D eigenvalue weighted by atomic mass is 10.1. The van der Waals surface area contributed by atoms with Crippen LogP contribution in [0.15, 0.2) is 77.2 Å². The molecule has 0 N–H and O–H groups in total. The summed E-state index contributed by atoms with van der Waals surface area (Å²) in [5, 5.41) is 0. The molecule has 0 radical (unpaired) electrons. The van der Waals surface area contributed by atoms with Crippen LogP contribution in [0.25, 0.3) is 11.0 Å². The van der Waals surface area contributed by atoms with Crippen molar-refractivity contribution in [2.45, 2.75) is 39.8 Å². The molecule has 0 bridgehead atoms. The number of imidazole rings is 1. The van der Waals surface area contributed by atoms with E-state index >= 15 is 0 Å². The molecule has 0 saturated heterocycles. The standard InChI is InChI=1S/C26H29N3OS/c1-19-9-13-22(14-10-19)17-18-28-24-7-5-6-8-25(24)29(26(28)27-31(4)30)21(3)23-15-11-20(2)12-16-23/h5-16,21H,17-18H2,1-4H3. The number of fused-ring (bicyclic) bond motifs is 1. The van der Waals surface area contributed by atoms with Gasteiger partial charge in [-0.15, -0.1) is 0 Å². The molecule has 2 atom stereocenters. The molecule has 0 aliphatic carbocycles. The molecule has 4 aromatic rings. The second-order valence-corrected chi connectivity index (χ2v) is 9.18. The molecule has 4 nitrogen and oxygen atoms in total. The maximum atomic E-state index is 12.2. The lowest BCUT2D eigenvalue weighted by molar-refractivity contribution is 0.567. The predicted molar refractivity (Wildman–Crippen MR) is 129 cm³/mol. The summed E-state index contributed by atoms with van der Waals surface area (Å²) in [5.41, 5.74) is 7.95. The molecule has 0 aliphatic heterocycles. The Morgan fingerprint density at radius 3 is 2.06 bits per heavy atom. The molecule has 0 fully saturated rings. The van der Waals surface area contributed by atoms with Crippen molar-refractivity contribution >= 4 is 22.4 Å². The summed E-state index contributed by atoms with van der Waals surface area (Å²) in [6.45, 7) is 7.15. The van der Waals surface area contributed by atoms with E-state index in [-0.39, 0.29) is 6.04 Å². The van der Waals surface area contributed by atoms with Gasteiger partial charge in [-0.05, 0) is 54.8 Å². The Kier molecular flexibility index (Phi) is 6.35. The number of hydrogen-bond donors (Lipinski definition) is 0. The Hall–Kier alpha value is -2.76. The van der Waals surface area contributed by atoms with Crippen LogP contribution < -0.4 is 5.62 Å². The fraction of sp³-hybridized carbons (Fsp3) is 0.269. The highest BCUT2D eigenvalue weighted by atomic mass is 32.2. The van der Waals surface area contributed by atoms with Crippen LogP contribution in [0.4, 0.5) is 0 Å². The Labute approximate surface area is 187 Å². The van der Waals surface area contributed by atoms with E-state index < -0.39 is 11.4 Å². The Bertz CT molecular complexity index is 1230. The van der Waals surface area contributed by atoms with E-state index in [4.69, 9.17) is 0 Å². The van der Waals surface area contributed by atoms with Gasteiger partial charge in [0.25, 0.3) is 5.62 Å². The minimum Gasteiger partial charge on any atom is -0.591 e. The van der Waals surface area contributed by atoms with E-state index in [0.29, 0.717) is 0 Å². The molecule has 160 valence electrons. The smallest absolute Gasteiger partial charge is 0.260 e. The van der Waals surface area contributed by atoms with Gasteiger partial charge in [-0.2, -0.15) is 0 Å². The summed E-state index contributed by atoms with van der Waals surface area (Å²) in [4.78, 5) is 0. The molecule has 0 spiro atoms. The van der Waals surface area contributed by atoms with E-state index in [1.807, 2.05) is 0 Å². The molecule has 0 amide bonds. The Morgan fingerprint density at radius 2 is 1.45 bits per heavy atom. The third kappa shape index (κ3) is 4.63. The summed E-state index contributed by atoms with van der Waals surface area (Å²) in [6, 6.07) is 25.7. The zero-order valence-corrected chi connectivity index (χ0v) is 19.4. The first-order valence-corrected chi connectivity index (χ1v) is 12.2. The zero-order valence-electron chi connectivity index (χ0n) is 18.6. The van der Waals surface area contributed by atoms with Gasteiger partial charge < -0.3 is 9.12 Å². The molecule has 31 heavy (non-hydrogen) atoms. The van der Waals surface area contributed by atoms with Crippen LogP contribution in [-0.4, -0.2) is 19.9 Å². The maximum Gasteiger partial charge on any atom is 0.260 e. The van der Waals surface area contributed by atoms with Crippen LogP contribution in [-0.2, 0) is 24.3 Å². The van der Waals surface area contributed by atoms with Gasteiger partial charge in [0.2, 0.25) is 0 Å². The van der Waals surface area contributed by atoms with Gasteiger partial charge in [-0.25, -0.2) is 0 Å². The van der Waals surface area contributed by atoms with Gasteiger partial charge in [0, 0.05) is 6.54 Å². The van der Waals surface area contributed by atoms with Gasteiger partial charge in [-0.1, -0.05) is 71.8 Å². The molecule has 4 rings (SSSR count). The fourth-order valence-corrected chi connectivity index (χ4v) is 4.46. The van der Waals surface area contributed by atoms with Gasteiger partial charge in [-0.3, -0.25) is 4.57 Å². The summed E-state index contributed by atoms with van der Waals surface area (Å²) >= 11 is -1.31. The number of nitrogens with zero attached hydrogens (tertiary/aromatic N) is 3. The highest BCUT2D eigenvalue weighted by Gasteiger charge is 2.19. The number of para-hydroxylation sites is 2. The minimum atomic E-state index is -1.31. The van der Waals surface area contributed by atoms with Crippen molar-refractivity contribution in [3.63, 3.8) is 0 Å². The van der Waals surface area contributed by atoms with Crippen LogP contribution in [0, 0.1) is 13.8 Å². The SMILES string of the molecule is Cc1ccc(CCn2c(=N[S+](C)[O-])n(C(C)c3ccc(C)cc3)c3ccccc32)cc1. The van der Waals surface area contributed by atoms with Gasteiger partial charge in [0.15, 0.2) is 0 Å². The first-order chi connectivity index (χ1) is 14.9. The Balaban J connectivity index is 1.85. The van der Waals surface area contributed by atoms with Crippen molar-refractivity contribution < 1.29 is 4.55 Å². The number of aryl methyl sites for hydroxylation is 4. The van der Waals surface area contributed by atoms with Crippen LogP contribution in [0.3, 0.4) is 0 Å². The van der Waals surface area contributed by atoms with Crippen molar-refractivity contribution in [2.24, 2.45) is 4.40 Å². The van der Waals surface area contributed by atoms with Crippen LogP contribution in [0.1, 0.15) is 35.2 Å². The minimum absolute atomic E-state index is 0.0634. The Morgan fingerprint density at radius 1 is 0.871 bits per heavy atom. The largest absolute Gasteiger partial charge is 0.591 e. The second-order valence-electron chi connectivity index (χ2n) is 8.15. The average Bonchev–Trinajstić information content (AvgIpc) is 3.06. The lowest BCUT2D eigenvalue weighted by Crippen LogP contribution is -2.30. The third-order valence-electron chi connectivity index (χ3n) is 5.79. The molecule has 1 heterocycles. The van der Waals surface area contributed by atoms with Gasteiger partial charge in [0.1, 0.15) is 6.26 Å². The summed E-state index contributed by atoms with van der Waals surface area (Å²) in [5.74, 6) is 0. The van der Waals surface area contributed by atoms with E-state index in [1.165, 1.54) is 22.3 Å². The monoisotopic (exact) mass is 431 g/mol. The molecule has 3 aromatic carbocycles. The topological polar surface area (TPSA) is 45.3 Å². The molecule has 0 saturated carbocycles. The molecule has 0 aliphatic rings. The summed E-state index contributed by atoms with van der Waals surface area (Å²) in [7, 11) is 0. The van der Waals surface area contributed by atoms with E-state index in [2.05, 4.69) is 107 Å². The zero-order chi connectivity index (χ0) is 22.0. The van der Waals surface area contributed by atoms with E-state index in [0.717, 1.165) is 29.6 Å². The highest BCUT2D eigenvalue weighted by Crippen LogP contribution is 2.23. The maximum absolute atomic E-state index is 12.2. The van der Waals surface area contributed by atoms with Crippen molar-refractivity contribution in [3.05, 3.63) is 101 Å². The van der Waals surface area contributed by atoms with Crippen LogP contribution >= 0.6 is 0 Å². The third-order valence-corrected chi connectivity index (χ3v) is 6.21. The van der Waals surface area contributed by atoms with Crippen molar-refractivity contribution in [2.75, 3.05) is 6.26 Å². The second kappa shape index (κ2) is 9.16. The number of benzene rings is 3. The van der Waals surface area contributed by atoms with Crippen molar-refractivity contribution in [1.29, 1.82) is 0 Å². The van der Waals surface area contributed by atoms with Crippen LogP contribution in [0.2, 0.25) is 0 Å². The van der Waals surface area contributed by atoms with Gasteiger partial charge >= 0.3 is 0 Å². The number of hydrogen-bond acceptors (Lipinski definition) is 2. The quantitative estimate of drug-likeness (QED) is 0.392. The molecule has 1 aromatic heterocycles. The summed E-state index contributed by atoms with van der Waals surface area (Å²) in [6.07, 6.45) is 2.51.